The van der Waals surface area contributed by atoms with Crippen molar-refractivity contribution in [2.75, 3.05) is 39.4 Å². The predicted molar refractivity (Wildman–Crippen MR) is 239 cm³/mol. The summed E-state index contributed by atoms with van der Waals surface area (Å²) in [7, 11) is -10.6. The highest BCUT2D eigenvalue weighted by Gasteiger charge is 2.42. The second kappa shape index (κ2) is 28.0. The molecule has 0 aliphatic carbocycles. The lowest BCUT2D eigenvalue weighted by Crippen LogP contribution is -2.61. The molecule has 0 spiro atoms. The maximum atomic E-state index is 14.4. The van der Waals surface area contributed by atoms with Gasteiger partial charge in [-0.25, -0.2) is 13.9 Å². The Kier molecular flexibility index (Phi) is 24.4. The summed E-state index contributed by atoms with van der Waals surface area (Å²) in [6.07, 6.45) is 1.27. The molecule has 8 atom stereocenters. The van der Waals surface area contributed by atoms with Crippen LogP contribution in [0.25, 0.3) is 0 Å². The number of carbonyl (C=O) groups excluding carboxylic acids is 7. The van der Waals surface area contributed by atoms with Gasteiger partial charge >= 0.3 is 21.6 Å². The summed E-state index contributed by atoms with van der Waals surface area (Å²) in [4.78, 5) is 151. The number of aliphatic imine (C=N–C) groups is 1. The summed E-state index contributed by atoms with van der Waals surface area (Å²) in [5, 5.41) is 21.6. The van der Waals surface area contributed by atoms with Crippen molar-refractivity contribution in [1.82, 2.24) is 36.4 Å². The lowest BCUT2D eigenvalue weighted by molar-refractivity contribution is -0.149. The Morgan fingerprint density at radius 1 is 0.662 bits per heavy atom. The third-order valence-corrected chi connectivity index (χ3v) is 11.6. The van der Waals surface area contributed by atoms with Gasteiger partial charge in [-0.3, -0.25) is 47.6 Å². The number of phosphoric acid groups is 2. The van der Waals surface area contributed by atoms with Gasteiger partial charge in [-0.1, -0.05) is 13.8 Å². The SMILES string of the molecule is CC(C)C[C@H](NC(=O)[C@H](COP(=O)(O)O)NC(=O)[C@@H]1CCCN1C(=O)[C@H](CCCN=C(N)N)NC(=O)[C@H](COP(=O)(O)O)NC(=O)[C@H](CCCCN)NC(=O)[C@H](C)N)C(=O)N1CCC[C@H]1C(=O)O. The number of carboxylic acid groups (broad SMARTS) is 1. The zero-order valence-corrected chi connectivity index (χ0v) is 40.0. The molecule has 2 aliphatic rings. The standard InChI is InChI=1S/C37H68N12O17P2/c1-20(2)17-24(35(56)49-16-8-12-28(49)36(57)58)45-32(53)26(19-66-68(62,63)64)47-33(54)27-11-7-15-48(27)34(55)23(10-6-14-42-37(40)41)44-31(52)25(18-65-67(59,60)61)46-30(51)22(9-4-5-13-38)43-29(50)21(3)39/h20-28H,4-19,38-39H2,1-3H3,(H,43,50)(H,44,52)(H,45,53)(H,46,51)(H,47,54)(H,57,58)(H4,40,41,42)(H2,59,60,61)(H2,62,63,64)/t21-,22-,23-,24-,25-,26-,27-,28-/m0/s1. The van der Waals surface area contributed by atoms with Gasteiger partial charge in [0.25, 0.3) is 0 Å². The number of rotatable bonds is 29. The smallest absolute Gasteiger partial charge is 0.469 e. The van der Waals surface area contributed by atoms with Crippen LogP contribution in [0.4, 0.5) is 0 Å². The minimum atomic E-state index is -5.28. The fourth-order valence-corrected chi connectivity index (χ4v) is 7.99. The monoisotopic (exact) mass is 1010 g/mol. The van der Waals surface area contributed by atoms with Crippen LogP contribution in [-0.2, 0) is 56.5 Å². The van der Waals surface area contributed by atoms with E-state index in [2.05, 4.69) is 40.6 Å². The molecular weight excluding hydrogens is 946 g/mol. The van der Waals surface area contributed by atoms with Crippen LogP contribution in [0.3, 0.4) is 0 Å². The van der Waals surface area contributed by atoms with Crippen LogP contribution in [0.1, 0.15) is 85.0 Å². The van der Waals surface area contributed by atoms with Crippen LogP contribution in [0.2, 0.25) is 0 Å². The van der Waals surface area contributed by atoms with E-state index >= 15 is 0 Å². The third-order valence-electron chi connectivity index (χ3n) is 10.6. The highest BCUT2D eigenvalue weighted by molar-refractivity contribution is 7.46. The second-order valence-corrected chi connectivity index (χ2v) is 19.2. The number of guanidine groups is 1. The fourth-order valence-electron chi connectivity index (χ4n) is 7.30. The molecule has 2 rings (SSSR count). The number of nitrogens with zero attached hydrogens (tertiary/aromatic N) is 3. The number of nitrogens with one attached hydrogen (secondary N) is 5. The molecule has 0 unspecified atom stereocenters. The summed E-state index contributed by atoms with van der Waals surface area (Å²) < 4.78 is 32.6. The molecule has 68 heavy (non-hydrogen) atoms. The Balaban J connectivity index is 2.46. The van der Waals surface area contributed by atoms with Gasteiger partial charge in [0.1, 0.15) is 42.3 Å². The Labute approximate surface area is 392 Å². The molecule has 388 valence electrons. The molecule has 31 heteroatoms. The Bertz CT molecular complexity index is 1900. The fraction of sp³-hybridized carbons (Fsp3) is 0.757. The molecular formula is C37H68N12O17P2. The normalized spacial score (nSPS) is 18.9. The number of nitrogens with two attached hydrogens (primary N) is 4. The highest BCUT2D eigenvalue weighted by Crippen LogP contribution is 2.36. The maximum Gasteiger partial charge on any atom is 0.469 e. The van der Waals surface area contributed by atoms with E-state index in [1.807, 2.05) is 0 Å². The van der Waals surface area contributed by atoms with Gasteiger partial charge in [-0.15, -0.1) is 0 Å². The first kappa shape index (κ1) is 59.3. The van der Waals surface area contributed by atoms with E-state index in [-0.39, 0.29) is 83.0 Å². The molecule has 0 aromatic rings. The highest BCUT2D eigenvalue weighted by atomic mass is 31.2. The number of phosphoric ester groups is 2. The van der Waals surface area contributed by atoms with Crippen molar-refractivity contribution in [2.45, 2.75) is 133 Å². The van der Waals surface area contributed by atoms with Gasteiger partial charge in [0.2, 0.25) is 41.4 Å². The van der Waals surface area contributed by atoms with Crippen molar-refractivity contribution in [3.05, 3.63) is 0 Å². The Hall–Kier alpha value is -4.83. The van der Waals surface area contributed by atoms with Crippen LogP contribution in [-0.4, -0.2) is 175 Å². The quantitative estimate of drug-likeness (QED) is 0.0145. The summed E-state index contributed by atoms with van der Waals surface area (Å²) in [5.41, 5.74) is 22.1. The van der Waals surface area contributed by atoms with Gasteiger partial charge in [-0.05, 0) is 83.6 Å². The van der Waals surface area contributed by atoms with Crippen LogP contribution in [0.15, 0.2) is 4.99 Å². The van der Waals surface area contributed by atoms with Crippen molar-refractivity contribution in [3.63, 3.8) is 0 Å². The minimum absolute atomic E-state index is 0.00407. The second-order valence-electron chi connectivity index (χ2n) is 16.7. The molecule has 0 bridgehead atoms. The summed E-state index contributed by atoms with van der Waals surface area (Å²) >= 11 is 0. The van der Waals surface area contributed by atoms with Crippen LogP contribution in [0.5, 0.6) is 0 Å². The molecule has 2 aliphatic heterocycles. The first-order chi connectivity index (χ1) is 31.6. The lowest BCUT2D eigenvalue weighted by atomic mass is 10.0. The molecule has 0 aromatic heterocycles. The number of likely N-dealkylation sites (tertiary alicyclic amines) is 2. The van der Waals surface area contributed by atoms with E-state index in [9.17, 15) is 72.2 Å². The number of hydrogen-bond donors (Lipinski definition) is 14. The van der Waals surface area contributed by atoms with Gasteiger partial charge in [0, 0.05) is 19.6 Å². The number of hydrogen-bond acceptors (Lipinski definition) is 15. The Morgan fingerprint density at radius 3 is 1.62 bits per heavy atom. The van der Waals surface area contributed by atoms with Crippen molar-refractivity contribution in [3.8, 4) is 0 Å². The first-order valence-corrected chi connectivity index (χ1v) is 25.0. The maximum absolute atomic E-state index is 14.4. The van der Waals surface area contributed by atoms with Crippen molar-refractivity contribution < 1.29 is 81.2 Å². The van der Waals surface area contributed by atoms with Crippen molar-refractivity contribution in [1.29, 1.82) is 0 Å². The summed E-state index contributed by atoms with van der Waals surface area (Å²) in [5.74, 6) is -8.51. The van der Waals surface area contributed by atoms with E-state index < -0.39 is 125 Å². The van der Waals surface area contributed by atoms with Crippen molar-refractivity contribution in [2.24, 2.45) is 33.8 Å². The third kappa shape index (κ3) is 20.8. The van der Waals surface area contributed by atoms with E-state index in [0.717, 1.165) is 9.80 Å². The van der Waals surface area contributed by atoms with Gasteiger partial charge in [-0.2, -0.15) is 0 Å². The number of aliphatic carboxylic acids is 1. The molecule has 18 N–H and O–H groups in total. The van der Waals surface area contributed by atoms with E-state index in [1.165, 1.54) is 6.92 Å². The van der Waals surface area contributed by atoms with E-state index in [4.69, 9.17) is 22.9 Å². The average molecular weight is 1010 g/mol. The number of carbonyl (C=O) groups is 8. The topological polar surface area (TPSA) is 473 Å². The number of unbranched alkanes of at least 4 members (excludes halogenated alkanes) is 1. The largest absolute Gasteiger partial charge is 0.480 e. The first-order valence-electron chi connectivity index (χ1n) is 21.9. The summed E-state index contributed by atoms with van der Waals surface area (Å²) in [6, 6.07) is -11.6. The summed E-state index contributed by atoms with van der Waals surface area (Å²) in [6.45, 7) is 2.70. The molecule has 29 nitrogen and oxygen atoms in total. The van der Waals surface area contributed by atoms with Gasteiger partial charge in [0.15, 0.2) is 5.96 Å². The molecule has 2 fully saturated rings. The lowest BCUT2D eigenvalue weighted by Gasteiger charge is -2.31. The van der Waals surface area contributed by atoms with Gasteiger partial charge in [0.05, 0.1) is 19.3 Å². The van der Waals surface area contributed by atoms with E-state index in [0.29, 0.717) is 19.3 Å². The molecule has 7 amide bonds. The molecule has 2 saturated heterocycles. The molecule has 2 heterocycles. The molecule has 0 aromatic carbocycles. The zero-order valence-electron chi connectivity index (χ0n) is 38.2. The van der Waals surface area contributed by atoms with Crippen LogP contribution < -0.4 is 49.5 Å². The predicted octanol–water partition coefficient (Wildman–Crippen LogP) is -4.73. The zero-order chi connectivity index (χ0) is 51.5. The van der Waals surface area contributed by atoms with Crippen LogP contribution >= 0.6 is 15.6 Å². The van der Waals surface area contributed by atoms with Crippen molar-refractivity contribution >= 4 is 68.9 Å². The molecule has 0 saturated carbocycles. The Morgan fingerprint density at radius 2 is 1.12 bits per heavy atom. The van der Waals surface area contributed by atoms with Gasteiger partial charge < -0.3 is 84.0 Å². The minimum Gasteiger partial charge on any atom is -0.480 e. The number of carboxylic acids is 1. The number of amides is 7. The van der Waals surface area contributed by atoms with Crippen LogP contribution in [0, 0.1) is 5.92 Å². The molecule has 0 radical (unpaired) electrons. The average Bonchev–Trinajstić information content (AvgIpc) is 3.94. The van der Waals surface area contributed by atoms with E-state index in [1.54, 1.807) is 13.8 Å².